The monoisotopic (exact) mass is 298 g/mol. The van der Waals surface area contributed by atoms with Crippen molar-refractivity contribution in [1.29, 1.82) is 0 Å². The lowest BCUT2D eigenvalue weighted by atomic mass is 9.45. The van der Waals surface area contributed by atoms with Gasteiger partial charge in [-0.15, -0.1) is 0 Å². The largest absolute Gasteiger partial charge is 0.295 e. The molecule has 2 fully saturated rings. The van der Waals surface area contributed by atoms with Crippen LogP contribution in [0, 0.1) is 34.5 Å². The van der Waals surface area contributed by atoms with Crippen molar-refractivity contribution in [2.24, 2.45) is 34.5 Å². The molecular weight excluding hydrogens is 268 g/mol. The van der Waals surface area contributed by atoms with Crippen LogP contribution in [0.4, 0.5) is 0 Å². The van der Waals surface area contributed by atoms with E-state index in [1.807, 2.05) is 6.08 Å². The van der Waals surface area contributed by atoms with Gasteiger partial charge in [0.2, 0.25) is 0 Å². The highest BCUT2D eigenvalue weighted by Gasteiger charge is 2.57. The third-order valence-corrected chi connectivity index (χ3v) is 8.25. The van der Waals surface area contributed by atoms with Gasteiger partial charge in [0.05, 0.1) is 0 Å². The number of allylic oxidation sites excluding steroid dienone is 4. The van der Waals surface area contributed by atoms with E-state index in [4.69, 9.17) is 0 Å². The minimum Gasteiger partial charge on any atom is -0.295 e. The quantitative estimate of drug-likeness (QED) is 0.553. The molecule has 0 bridgehead atoms. The van der Waals surface area contributed by atoms with Crippen molar-refractivity contribution in [3.8, 4) is 0 Å². The summed E-state index contributed by atoms with van der Waals surface area (Å²) < 4.78 is 0. The molecule has 1 unspecified atom stereocenters. The van der Waals surface area contributed by atoms with E-state index < -0.39 is 0 Å². The Kier molecular flexibility index (Phi) is 3.07. The van der Waals surface area contributed by atoms with Gasteiger partial charge in [0, 0.05) is 6.42 Å². The van der Waals surface area contributed by atoms with Crippen LogP contribution in [-0.2, 0) is 4.79 Å². The maximum Gasteiger partial charge on any atom is 0.155 e. The van der Waals surface area contributed by atoms with E-state index in [-0.39, 0.29) is 0 Å². The van der Waals surface area contributed by atoms with Crippen molar-refractivity contribution < 1.29 is 4.79 Å². The van der Waals surface area contributed by atoms with Crippen molar-refractivity contribution in [3.05, 3.63) is 23.3 Å². The van der Waals surface area contributed by atoms with Crippen LogP contribution in [0.1, 0.15) is 66.2 Å². The Morgan fingerprint density at radius 1 is 1.14 bits per heavy atom. The normalized spacial score (nSPS) is 50.6. The molecular formula is C21H30O. The molecule has 4 aliphatic rings. The summed E-state index contributed by atoms with van der Waals surface area (Å²) in [7, 11) is 0. The molecule has 0 aromatic heterocycles. The minimum absolute atomic E-state index is 0.300. The maximum absolute atomic E-state index is 12.0. The summed E-state index contributed by atoms with van der Waals surface area (Å²) in [4.78, 5) is 12.0. The SMILES string of the molecule is CC1=CC[C@H]2[C@@H]3CC(C)C4=CC(=O)CC[C@]4(C)[C@H]3CC[C@]12C. The Balaban J connectivity index is 1.73. The predicted molar refractivity (Wildman–Crippen MR) is 90.4 cm³/mol. The summed E-state index contributed by atoms with van der Waals surface area (Å²) in [6.45, 7) is 9.74. The molecule has 120 valence electrons. The predicted octanol–water partition coefficient (Wildman–Crippen LogP) is 5.32. The molecule has 0 N–H and O–H groups in total. The number of carbonyl (C=O) groups excluding carboxylic acids is 1. The molecule has 0 aliphatic heterocycles. The molecule has 6 atom stereocenters. The summed E-state index contributed by atoms with van der Waals surface area (Å²) in [6, 6.07) is 0. The van der Waals surface area contributed by atoms with Gasteiger partial charge in [-0.2, -0.15) is 0 Å². The molecule has 1 nitrogen and oxygen atoms in total. The third-order valence-electron chi connectivity index (χ3n) is 8.25. The average Bonchev–Trinajstić information content (AvgIpc) is 2.77. The molecule has 0 amide bonds. The highest BCUT2D eigenvalue weighted by molar-refractivity contribution is 5.91. The summed E-state index contributed by atoms with van der Waals surface area (Å²) in [6.07, 6.45) is 11.7. The van der Waals surface area contributed by atoms with Gasteiger partial charge in [-0.05, 0) is 79.6 Å². The lowest BCUT2D eigenvalue weighted by Gasteiger charge is -2.59. The molecule has 0 heterocycles. The zero-order chi connectivity index (χ0) is 15.7. The second kappa shape index (κ2) is 4.58. The van der Waals surface area contributed by atoms with Crippen LogP contribution in [0.3, 0.4) is 0 Å². The molecule has 1 heteroatoms. The van der Waals surface area contributed by atoms with Gasteiger partial charge < -0.3 is 0 Å². The number of carbonyl (C=O) groups is 1. The molecule has 0 aromatic carbocycles. The van der Waals surface area contributed by atoms with Crippen LogP contribution in [0.25, 0.3) is 0 Å². The Morgan fingerprint density at radius 3 is 2.68 bits per heavy atom. The number of hydrogen-bond acceptors (Lipinski definition) is 1. The molecule has 4 rings (SSSR count). The zero-order valence-corrected chi connectivity index (χ0v) is 14.6. The minimum atomic E-state index is 0.300. The smallest absolute Gasteiger partial charge is 0.155 e. The van der Waals surface area contributed by atoms with Gasteiger partial charge >= 0.3 is 0 Å². The van der Waals surface area contributed by atoms with Crippen LogP contribution in [0.15, 0.2) is 23.3 Å². The number of fused-ring (bicyclic) bond motifs is 5. The van der Waals surface area contributed by atoms with E-state index in [9.17, 15) is 4.79 Å². The first kappa shape index (κ1) is 14.7. The second-order valence-corrected chi connectivity index (χ2v) is 9.08. The highest BCUT2D eigenvalue weighted by atomic mass is 16.1. The van der Waals surface area contributed by atoms with Crippen LogP contribution in [0.5, 0.6) is 0 Å². The second-order valence-electron chi connectivity index (χ2n) is 9.08. The van der Waals surface area contributed by atoms with Crippen LogP contribution >= 0.6 is 0 Å². The first-order valence-corrected chi connectivity index (χ1v) is 9.28. The van der Waals surface area contributed by atoms with Gasteiger partial charge in [-0.25, -0.2) is 0 Å². The Hall–Kier alpha value is -0.850. The van der Waals surface area contributed by atoms with Gasteiger partial charge in [0.1, 0.15) is 0 Å². The van der Waals surface area contributed by atoms with E-state index in [2.05, 4.69) is 33.8 Å². The first-order chi connectivity index (χ1) is 10.4. The summed E-state index contributed by atoms with van der Waals surface area (Å²) in [5, 5.41) is 0. The van der Waals surface area contributed by atoms with E-state index in [0.717, 1.165) is 30.6 Å². The van der Waals surface area contributed by atoms with Crippen LogP contribution < -0.4 is 0 Å². The van der Waals surface area contributed by atoms with Gasteiger partial charge in [-0.3, -0.25) is 4.79 Å². The van der Waals surface area contributed by atoms with E-state index in [1.54, 1.807) is 5.57 Å². The van der Waals surface area contributed by atoms with Crippen molar-refractivity contribution >= 4 is 5.78 Å². The van der Waals surface area contributed by atoms with Gasteiger partial charge in [0.25, 0.3) is 0 Å². The number of hydrogen-bond donors (Lipinski definition) is 0. The fourth-order valence-electron chi connectivity index (χ4n) is 6.77. The summed E-state index contributed by atoms with van der Waals surface area (Å²) in [5.41, 5.74) is 3.90. The Morgan fingerprint density at radius 2 is 1.91 bits per heavy atom. The lowest BCUT2D eigenvalue weighted by Crippen LogP contribution is -2.51. The standard InChI is InChI=1S/C21H30O/c1-13-11-16-17-6-5-14(2)20(17,3)10-8-18(16)21(4)9-7-15(22)12-19(13)21/h5,12-13,16-18H,6-11H2,1-4H3/t13?,16-,17-,18-,20+,21+/m0/s1. The van der Waals surface area contributed by atoms with Crippen molar-refractivity contribution in [1.82, 2.24) is 0 Å². The Bertz CT molecular complexity index is 583. The van der Waals surface area contributed by atoms with Crippen LogP contribution in [-0.4, -0.2) is 5.78 Å². The Labute approximate surface area is 135 Å². The van der Waals surface area contributed by atoms with E-state index in [0.29, 0.717) is 22.5 Å². The molecule has 2 saturated carbocycles. The first-order valence-electron chi connectivity index (χ1n) is 9.28. The van der Waals surface area contributed by atoms with Crippen LogP contribution in [0.2, 0.25) is 0 Å². The van der Waals surface area contributed by atoms with Gasteiger partial charge in [0.15, 0.2) is 5.78 Å². The molecule has 0 radical (unpaired) electrons. The fraction of sp³-hybridized carbons (Fsp3) is 0.762. The topological polar surface area (TPSA) is 17.1 Å². The van der Waals surface area contributed by atoms with Crippen molar-refractivity contribution in [3.63, 3.8) is 0 Å². The van der Waals surface area contributed by atoms with Crippen molar-refractivity contribution in [2.75, 3.05) is 0 Å². The molecule has 22 heavy (non-hydrogen) atoms. The zero-order valence-electron chi connectivity index (χ0n) is 14.6. The summed E-state index contributed by atoms with van der Waals surface area (Å²) >= 11 is 0. The average molecular weight is 298 g/mol. The van der Waals surface area contributed by atoms with E-state index >= 15 is 0 Å². The fourth-order valence-corrected chi connectivity index (χ4v) is 6.77. The van der Waals surface area contributed by atoms with Crippen molar-refractivity contribution in [2.45, 2.75) is 66.2 Å². The number of rotatable bonds is 0. The highest BCUT2D eigenvalue weighted by Crippen LogP contribution is 2.66. The lowest BCUT2D eigenvalue weighted by molar-refractivity contribution is -0.117. The number of ketones is 1. The third kappa shape index (κ3) is 1.74. The van der Waals surface area contributed by atoms with E-state index in [1.165, 1.54) is 31.3 Å². The summed E-state index contributed by atoms with van der Waals surface area (Å²) in [5.74, 6) is 3.48. The molecule has 0 spiro atoms. The molecule has 0 saturated heterocycles. The molecule has 4 aliphatic carbocycles. The molecule has 0 aromatic rings. The maximum atomic E-state index is 12.0. The van der Waals surface area contributed by atoms with Gasteiger partial charge in [-0.1, -0.05) is 38.0 Å².